The minimum absolute atomic E-state index is 0.161. The number of methoxy groups -OCH3 is 2. The van der Waals surface area contributed by atoms with Gasteiger partial charge in [0.05, 0.1) is 31.6 Å². The van der Waals surface area contributed by atoms with Gasteiger partial charge >= 0.3 is 0 Å². The van der Waals surface area contributed by atoms with Gasteiger partial charge in [0.2, 0.25) is 11.8 Å². The zero-order chi connectivity index (χ0) is 21.3. The van der Waals surface area contributed by atoms with Crippen LogP contribution in [0.3, 0.4) is 0 Å². The van der Waals surface area contributed by atoms with Crippen molar-refractivity contribution in [3.63, 3.8) is 0 Å². The predicted molar refractivity (Wildman–Crippen MR) is 111 cm³/mol. The number of rotatable bonds is 7. The Morgan fingerprint density at radius 3 is 2.50 bits per heavy atom. The van der Waals surface area contributed by atoms with Crippen molar-refractivity contribution in [2.45, 2.75) is 12.8 Å². The number of aldehydes is 1. The molecule has 1 aliphatic rings. The van der Waals surface area contributed by atoms with Crippen LogP contribution in [0.2, 0.25) is 5.02 Å². The summed E-state index contributed by atoms with van der Waals surface area (Å²) in [6, 6.07) is 6.71. The average Bonchev–Trinajstić information content (AvgIpc) is 3.56. The van der Waals surface area contributed by atoms with E-state index in [9.17, 15) is 9.59 Å². The summed E-state index contributed by atoms with van der Waals surface area (Å²) in [4.78, 5) is 31.8. The fourth-order valence-electron chi connectivity index (χ4n) is 3.00. The van der Waals surface area contributed by atoms with E-state index in [1.54, 1.807) is 38.6 Å². The van der Waals surface area contributed by atoms with Crippen molar-refractivity contribution in [1.29, 1.82) is 0 Å². The van der Waals surface area contributed by atoms with E-state index < -0.39 is 5.41 Å². The molecule has 2 aromatic heterocycles. The van der Waals surface area contributed by atoms with Gasteiger partial charge in [0.15, 0.2) is 11.5 Å². The first-order valence-corrected chi connectivity index (χ1v) is 9.49. The van der Waals surface area contributed by atoms with Crippen LogP contribution in [-0.2, 0) is 9.59 Å². The third kappa shape index (κ3) is 3.61. The molecule has 0 radical (unpaired) electrons. The number of nitrogens with one attached hydrogen (secondary N) is 1. The quantitative estimate of drug-likeness (QED) is 0.449. The summed E-state index contributed by atoms with van der Waals surface area (Å²) in [7, 11) is 3.09. The Hall–Kier alpha value is -3.39. The average molecular weight is 428 g/mol. The highest BCUT2D eigenvalue weighted by atomic mass is 35.5. The van der Waals surface area contributed by atoms with Crippen molar-refractivity contribution in [2.75, 3.05) is 19.5 Å². The number of benzene rings is 1. The van der Waals surface area contributed by atoms with Gasteiger partial charge < -0.3 is 24.3 Å². The lowest BCUT2D eigenvalue weighted by atomic mass is 10.1. The second kappa shape index (κ2) is 7.79. The highest BCUT2D eigenvalue weighted by Crippen LogP contribution is 2.44. The van der Waals surface area contributed by atoms with E-state index >= 15 is 0 Å². The molecule has 1 fully saturated rings. The van der Waals surface area contributed by atoms with Gasteiger partial charge in [0.1, 0.15) is 22.5 Å². The van der Waals surface area contributed by atoms with Crippen molar-refractivity contribution >= 4 is 40.4 Å². The maximum atomic E-state index is 12.2. The number of ether oxygens (including phenoxy) is 3. The highest BCUT2D eigenvalue weighted by molar-refractivity contribution is 6.32. The van der Waals surface area contributed by atoms with Gasteiger partial charge in [-0.1, -0.05) is 11.6 Å². The van der Waals surface area contributed by atoms with E-state index in [-0.39, 0.29) is 16.8 Å². The van der Waals surface area contributed by atoms with Crippen molar-refractivity contribution in [3.8, 4) is 23.1 Å². The molecule has 3 aromatic rings. The van der Waals surface area contributed by atoms with Gasteiger partial charge in [-0.15, -0.1) is 0 Å². The van der Waals surface area contributed by atoms with E-state index in [1.165, 1.54) is 12.3 Å². The number of pyridine rings is 2. The lowest BCUT2D eigenvalue weighted by Crippen LogP contribution is -2.25. The molecule has 4 rings (SSSR count). The maximum absolute atomic E-state index is 12.2. The first kappa shape index (κ1) is 19.9. The standard InChI is InChI=1S/C21H18ClN3O5/c1-28-17-8-13-15(9-18(17)29-2)23-6-3-16(13)30-19-14(22)7-12(10-24-19)25-20(27)21(11-26)4-5-21/h3,6-11H,4-5H2,1-2H3,(H,25,27). The zero-order valence-corrected chi connectivity index (χ0v) is 17.0. The molecule has 0 unspecified atom stereocenters. The Kier molecular flexibility index (Phi) is 5.17. The van der Waals surface area contributed by atoms with Crippen LogP contribution in [-0.4, -0.2) is 36.4 Å². The van der Waals surface area contributed by atoms with Crippen molar-refractivity contribution < 1.29 is 23.8 Å². The number of carbonyl (C=O) groups is 2. The molecule has 0 aliphatic heterocycles. The lowest BCUT2D eigenvalue weighted by molar-refractivity contribution is -0.126. The molecule has 0 spiro atoms. The molecule has 154 valence electrons. The number of aromatic nitrogens is 2. The molecular formula is C21H18ClN3O5. The molecule has 1 aromatic carbocycles. The number of hydrogen-bond acceptors (Lipinski definition) is 7. The van der Waals surface area contributed by atoms with Gasteiger partial charge in [-0.05, 0) is 31.0 Å². The van der Waals surface area contributed by atoms with E-state index in [1.807, 2.05) is 0 Å². The molecule has 1 aliphatic carbocycles. The first-order chi connectivity index (χ1) is 14.5. The summed E-state index contributed by atoms with van der Waals surface area (Å²) in [5.74, 6) is 1.36. The smallest absolute Gasteiger partial charge is 0.238 e. The molecule has 9 heteroatoms. The normalized spacial score (nSPS) is 14.1. The summed E-state index contributed by atoms with van der Waals surface area (Å²) in [5.41, 5.74) is 0.114. The molecule has 2 heterocycles. The van der Waals surface area contributed by atoms with Crippen LogP contribution in [0.5, 0.6) is 23.1 Å². The molecule has 0 bridgehead atoms. The maximum Gasteiger partial charge on any atom is 0.238 e. The summed E-state index contributed by atoms with van der Waals surface area (Å²) in [6.45, 7) is 0. The summed E-state index contributed by atoms with van der Waals surface area (Å²) >= 11 is 6.32. The van der Waals surface area contributed by atoms with E-state index in [0.29, 0.717) is 53.0 Å². The van der Waals surface area contributed by atoms with Crippen molar-refractivity contribution in [2.24, 2.45) is 5.41 Å². The van der Waals surface area contributed by atoms with E-state index in [0.717, 1.165) is 0 Å². The summed E-state index contributed by atoms with van der Waals surface area (Å²) in [6.07, 6.45) is 4.81. The topological polar surface area (TPSA) is 99.6 Å². The van der Waals surface area contributed by atoms with Crippen LogP contribution in [0.25, 0.3) is 10.9 Å². The minimum atomic E-state index is -0.919. The SMILES string of the molecule is COc1cc2nccc(Oc3ncc(NC(=O)C4(C=O)CC4)cc3Cl)c2cc1OC. The third-order valence-electron chi connectivity index (χ3n) is 4.95. The molecule has 1 amide bonds. The van der Waals surface area contributed by atoms with Crippen molar-refractivity contribution in [3.05, 3.63) is 41.7 Å². The lowest BCUT2D eigenvalue weighted by Gasteiger charge is -2.13. The van der Waals surface area contributed by atoms with Gasteiger partial charge in [-0.25, -0.2) is 4.98 Å². The Labute approximate surface area is 177 Å². The van der Waals surface area contributed by atoms with Crippen LogP contribution in [0.4, 0.5) is 5.69 Å². The number of halogens is 1. The van der Waals surface area contributed by atoms with Gasteiger partial charge in [0.25, 0.3) is 0 Å². The zero-order valence-electron chi connectivity index (χ0n) is 16.3. The van der Waals surface area contributed by atoms with Crippen LogP contribution in [0.1, 0.15) is 12.8 Å². The number of carbonyl (C=O) groups excluding carboxylic acids is 2. The second-order valence-corrected chi connectivity index (χ2v) is 7.28. The molecule has 1 saturated carbocycles. The van der Waals surface area contributed by atoms with Crippen LogP contribution in [0, 0.1) is 5.41 Å². The molecule has 30 heavy (non-hydrogen) atoms. The van der Waals surface area contributed by atoms with Gasteiger partial charge in [0, 0.05) is 17.6 Å². The number of fused-ring (bicyclic) bond motifs is 1. The highest BCUT2D eigenvalue weighted by Gasteiger charge is 2.50. The number of nitrogens with zero attached hydrogens (tertiary/aromatic N) is 2. The van der Waals surface area contributed by atoms with Crippen LogP contribution >= 0.6 is 11.6 Å². The Balaban J connectivity index is 1.60. The minimum Gasteiger partial charge on any atom is -0.493 e. The van der Waals surface area contributed by atoms with E-state index in [2.05, 4.69) is 15.3 Å². The predicted octanol–water partition coefficient (Wildman–Crippen LogP) is 4.01. The Morgan fingerprint density at radius 2 is 1.87 bits per heavy atom. The van der Waals surface area contributed by atoms with Crippen LogP contribution in [0.15, 0.2) is 36.7 Å². The fraction of sp³-hybridized carbons (Fsp3) is 0.238. The Morgan fingerprint density at radius 1 is 1.13 bits per heavy atom. The summed E-state index contributed by atoms with van der Waals surface area (Å²) in [5, 5.41) is 3.56. The first-order valence-electron chi connectivity index (χ1n) is 9.11. The largest absolute Gasteiger partial charge is 0.493 e. The van der Waals surface area contributed by atoms with E-state index in [4.69, 9.17) is 25.8 Å². The van der Waals surface area contributed by atoms with Gasteiger partial charge in [-0.2, -0.15) is 0 Å². The Bertz CT molecular complexity index is 1150. The number of anilines is 1. The number of amides is 1. The van der Waals surface area contributed by atoms with Crippen molar-refractivity contribution in [1.82, 2.24) is 9.97 Å². The second-order valence-electron chi connectivity index (χ2n) is 6.87. The monoisotopic (exact) mass is 427 g/mol. The molecule has 0 saturated heterocycles. The molecule has 8 nitrogen and oxygen atoms in total. The van der Waals surface area contributed by atoms with Gasteiger partial charge in [-0.3, -0.25) is 9.78 Å². The third-order valence-corrected chi connectivity index (χ3v) is 5.22. The molecule has 0 atom stereocenters. The fourth-order valence-corrected chi connectivity index (χ4v) is 3.20. The van der Waals surface area contributed by atoms with Crippen LogP contribution < -0.4 is 19.5 Å². The molecule has 1 N–H and O–H groups in total. The molecular weight excluding hydrogens is 410 g/mol. The number of hydrogen-bond donors (Lipinski definition) is 1. The summed E-state index contributed by atoms with van der Waals surface area (Å²) < 4.78 is 16.6.